The second-order valence-electron chi connectivity index (χ2n) is 4.61. The molecule has 0 radical (unpaired) electrons. The smallest absolute Gasteiger partial charge is 0.148 e. The molecule has 1 aromatic carbocycles. The van der Waals surface area contributed by atoms with Gasteiger partial charge in [0.2, 0.25) is 0 Å². The predicted octanol–water partition coefficient (Wildman–Crippen LogP) is 3.24. The Labute approximate surface area is 113 Å². The highest BCUT2D eigenvalue weighted by Gasteiger charge is 2.19. The molecular weight excluding hydrogens is 297 g/mol. The van der Waals surface area contributed by atoms with Crippen molar-refractivity contribution >= 4 is 15.9 Å². The van der Waals surface area contributed by atoms with Gasteiger partial charge in [-0.2, -0.15) is 0 Å². The zero-order valence-corrected chi connectivity index (χ0v) is 11.7. The minimum Gasteiger partial charge on any atom is -0.319 e. The van der Waals surface area contributed by atoms with E-state index in [0.717, 1.165) is 4.47 Å². The maximum absolute atomic E-state index is 13.8. The first-order valence-corrected chi connectivity index (χ1v) is 6.25. The highest BCUT2D eigenvalue weighted by Crippen LogP contribution is 2.25. The molecule has 1 heterocycles. The molecule has 0 unspecified atom stereocenters. The van der Waals surface area contributed by atoms with Gasteiger partial charge in [-0.25, -0.2) is 14.4 Å². The number of nitrogens with two attached hydrogens (primary N) is 1. The average Bonchev–Trinajstić information content (AvgIpc) is 2.31. The highest BCUT2D eigenvalue weighted by molar-refractivity contribution is 9.10. The summed E-state index contributed by atoms with van der Waals surface area (Å²) in [4.78, 5) is 8.44. The fraction of sp³-hybridized carbons (Fsp3) is 0.231. The monoisotopic (exact) mass is 309 g/mol. The van der Waals surface area contributed by atoms with E-state index in [0.29, 0.717) is 17.1 Å². The Hall–Kier alpha value is -1.33. The van der Waals surface area contributed by atoms with Crippen LogP contribution in [0.5, 0.6) is 0 Å². The number of halogens is 2. The Morgan fingerprint density at radius 2 is 2.00 bits per heavy atom. The molecule has 0 bridgehead atoms. The Bertz CT molecular complexity index is 579. The molecule has 0 fully saturated rings. The normalized spacial score (nSPS) is 11.6. The van der Waals surface area contributed by atoms with Gasteiger partial charge in [-0.3, -0.25) is 0 Å². The molecule has 0 amide bonds. The minimum absolute atomic E-state index is 0.322. The fourth-order valence-corrected chi connectivity index (χ4v) is 1.87. The number of hydrogen-bond acceptors (Lipinski definition) is 3. The van der Waals surface area contributed by atoms with Crippen molar-refractivity contribution in [2.75, 3.05) is 0 Å². The third-order valence-electron chi connectivity index (χ3n) is 2.44. The molecule has 0 aliphatic rings. The van der Waals surface area contributed by atoms with E-state index in [1.54, 1.807) is 24.4 Å². The highest BCUT2D eigenvalue weighted by atomic mass is 79.9. The van der Waals surface area contributed by atoms with Gasteiger partial charge in [-0.05, 0) is 38.1 Å². The summed E-state index contributed by atoms with van der Waals surface area (Å²) in [6, 6.07) is 6.40. The van der Waals surface area contributed by atoms with Crippen LogP contribution < -0.4 is 5.73 Å². The zero-order chi connectivity index (χ0) is 13.3. The van der Waals surface area contributed by atoms with Crippen LogP contribution in [0.15, 0.2) is 34.9 Å². The molecule has 0 spiro atoms. The van der Waals surface area contributed by atoms with Gasteiger partial charge in [0.25, 0.3) is 0 Å². The van der Waals surface area contributed by atoms with E-state index >= 15 is 0 Å². The molecule has 0 saturated carbocycles. The minimum atomic E-state index is -0.654. The number of aromatic nitrogens is 2. The third-order valence-corrected chi connectivity index (χ3v) is 2.93. The van der Waals surface area contributed by atoms with E-state index in [1.807, 2.05) is 13.8 Å². The van der Waals surface area contributed by atoms with Crippen molar-refractivity contribution in [3.05, 3.63) is 46.6 Å². The average molecular weight is 310 g/mol. The molecule has 0 saturated heterocycles. The Balaban J connectivity index is 2.55. The van der Waals surface area contributed by atoms with E-state index in [4.69, 9.17) is 5.73 Å². The number of nitrogens with zero attached hydrogens (tertiary/aromatic N) is 2. The van der Waals surface area contributed by atoms with Crippen molar-refractivity contribution in [2.24, 2.45) is 5.73 Å². The standard InChI is InChI=1S/C13H13BrFN3/c1-13(2,16)12-17-6-5-11(18-12)9-7-8(14)3-4-10(9)15/h3-7H,16H2,1-2H3. The SMILES string of the molecule is CC(C)(N)c1nccc(-c2cc(Br)ccc2F)n1. The summed E-state index contributed by atoms with van der Waals surface area (Å²) in [6.45, 7) is 3.62. The summed E-state index contributed by atoms with van der Waals surface area (Å²) in [7, 11) is 0. The van der Waals surface area contributed by atoms with Crippen LogP contribution in [0.1, 0.15) is 19.7 Å². The van der Waals surface area contributed by atoms with Gasteiger partial charge in [0, 0.05) is 16.2 Å². The third kappa shape index (κ3) is 2.73. The first-order valence-electron chi connectivity index (χ1n) is 5.46. The molecule has 94 valence electrons. The quantitative estimate of drug-likeness (QED) is 0.926. The van der Waals surface area contributed by atoms with E-state index in [-0.39, 0.29) is 5.82 Å². The van der Waals surface area contributed by atoms with E-state index in [9.17, 15) is 4.39 Å². The van der Waals surface area contributed by atoms with Gasteiger partial charge in [-0.1, -0.05) is 15.9 Å². The van der Waals surface area contributed by atoms with Gasteiger partial charge in [0.1, 0.15) is 11.6 Å². The molecule has 2 rings (SSSR count). The van der Waals surface area contributed by atoms with E-state index in [2.05, 4.69) is 25.9 Å². The molecule has 1 aromatic heterocycles. The van der Waals surface area contributed by atoms with E-state index in [1.165, 1.54) is 6.07 Å². The summed E-state index contributed by atoms with van der Waals surface area (Å²) in [5, 5.41) is 0. The molecule has 2 N–H and O–H groups in total. The summed E-state index contributed by atoms with van der Waals surface area (Å²) < 4.78 is 14.6. The molecule has 0 aliphatic carbocycles. The van der Waals surface area contributed by atoms with Crippen molar-refractivity contribution in [1.82, 2.24) is 9.97 Å². The van der Waals surface area contributed by atoms with Crippen molar-refractivity contribution in [2.45, 2.75) is 19.4 Å². The first-order chi connectivity index (χ1) is 8.38. The summed E-state index contributed by atoms with van der Waals surface area (Å²) in [6.07, 6.45) is 1.59. The van der Waals surface area contributed by atoms with Crippen LogP contribution in [0, 0.1) is 5.82 Å². The van der Waals surface area contributed by atoms with Crippen molar-refractivity contribution in [3.8, 4) is 11.3 Å². The van der Waals surface area contributed by atoms with Gasteiger partial charge < -0.3 is 5.73 Å². The second kappa shape index (κ2) is 4.74. The van der Waals surface area contributed by atoms with Crippen LogP contribution in [-0.2, 0) is 5.54 Å². The lowest BCUT2D eigenvalue weighted by atomic mass is 10.1. The van der Waals surface area contributed by atoms with Crippen LogP contribution in [-0.4, -0.2) is 9.97 Å². The van der Waals surface area contributed by atoms with Gasteiger partial charge in [0.05, 0.1) is 11.2 Å². The Morgan fingerprint density at radius 3 is 2.67 bits per heavy atom. The maximum Gasteiger partial charge on any atom is 0.148 e. The molecular formula is C13H13BrFN3. The summed E-state index contributed by atoms with van der Waals surface area (Å²) in [5.41, 5.74) is 6.24. The van der Waals surface area contributed by atoms with Gasteiger partial charge >= 0.3 is 0 Å². The van der Waals surface area contributed by atoms with Crippen LogP contribution in [0.2, 0.25) is 0 Å². The zero-order valence-electron chi connectivity index (χ0n) is 10.1. The lowest BCUT2D eigenvalue weighted by molar-refractivity contribution is 0.514. The van der Waals surface area contributed by atoms with Gasteiger partial charge in [-0.15, -0.1) is 0 Å². The number of hydrogen-bond donors (Lipinski definition) is 1. The number of rotatable bonds is 2. The summed E-state index contributed by atoms with van der Waals surface area (Å²) in [5.74, 6) is 0.164. The van der Waals surface area contributed by atoms with Crippen molar-refractivity contribution < 1.29 is 4.39 Å². The largest absolute Gasteiger partial charge is 0.319 e. The topological polar surface area (TPSA) is 51.8 Å². The Kier molecular flexibility index (Phi) is 3.45. The number of benzene rings is 1. The van der Waals surface area contributed by atoms with Crippen molar-refractivity contribution in [3.63, 3.8) is 0 Å². The maximum atomic E-state index is 13.8. The predicted molar refractivity (Wildman–Crippen MR) is 72.3 cm³/mol. The molecule has 0 aliphatic heterocycles. The molecule has 0 atom stereocenters. The first kappa shape index (κ1) is 13.1. The molecule has 2 aromatic rings. The van der Waals surface area contributed by atoms with Crippen LogP contribution in [0.25, 0.3) is 11.3 Å². The van der Waals surface area contributed by atoms with Crippen molar-refractivity contribution in [1.29, 1.82) is 0 Å². The van der Waals surface area contributed by atoms with Crippen LogP contribution in [0.4, 0.5) is 4.39 Å². The molecule has 3 nitrogen and oxygen atoms in total. The second-order valence-corrected chi connectivity index (χ2v) is 5.53. The Morgan fingerprint density at radius 1 is 1.28 bits per heavy atom. The van der Waals surface area contributed by atoms with E-state index < -0.39 is 5.54 Å². The lowest BCUT2D eigenvalue weighted by Gasteiger charge is -2.17. The lowest BCUT2D eigenvalue weighted by Crippen LogP contribution is -2.31. The van der Waals surface area contributed by atoms with Crippen LogP contribution >= 0.6 is 15.9 Å². The molecule has 5 heteroatoms. The van der Waals surface area contributed by atoms with Gasteiger partial charge in [0.15, 0.2) is 0 Å². The molecule has 18 heavy (non-hydrogen) atoms. The fourth-order valence-electron chi connectivity index (χ4n) is 1.51. The van der Waals surface area contributed by atoms with Crippen LogP contribution in [0.3, 0.4) is 0 Å². The summed E-state index contributed by atoms with van der Waals surface area (Å²) >= 11 is 3.32.